The van der Waals surface area contributed by atoms with Crippen molar-refractivity contribution in [3.8, 4) is 0 Å². The van der Waals surface area contributed by atoms with Crippen molar-refractivity contribution in [2.45, 2.75) is 44.2 Å². The molecule has 2 unspecified atom stereocenters. The maximum Gasteiger partial charge on any atom is 0.227 e. The highest BCUT2D eigenvalue weighted by molar-refractivity contribution is 6.42. The first-order valence-electron chi connectivity index (χ1n) is 10.3. The zero-order valence-electron chi connectivity index (χ0n) is 16.7. The molecule has 0 radical (unpaired) electrons. The Morgan fingerprint density at radius 2 is 1.90 bits per heavy atom. The van der Waals surface area contributed by atoms with Crippen molar-refractivity contribution in [1.82, 2.24) is 9.80 Å². The molecule has 29 heavy (non-hydrogen) atoms. The van der Waals surface area contributed by atoms with Crippen molar-refractivity contribution in [1.29, 1.82) is 0 Å². The van der Waals surface area contributed by atoms with Gasteiger partial charge in [-0.05, 0) is 79.7 Å². The highest BCUT2D eigenvalue weighted by atomic mass is 35.5. The normalized spacial score (nSPS) is 21.8. The van der Waals surface area contributed by atoms with Crippen LogP contribution in [-0.4, -0.2) is 41.9 Å². The summed E-state index contributed by atoms with van der Waals surface area (Å²) in [6.45, 7) is 2.21. The Morgan fingerprint density at radius 3 is 2.62 bits per heavy atom. The zero-order valence-corrected chi connectivity index (χ0v) is 18.2. The fourth-order valence-corrected chi connectivity index (χ4v) is 5.13. The fraction of sp³-hybridized carbons (Fsp3) is 0.435. The molecule has 4 nitrogen and oxygen atoms in total. The lowest BCUT2D eigenvalue weighted by Crippen LogP contribution is -2.48. The lowest BCUT2D eigenvalue weighted by Gasteiger charge is -2.43. The van der Waals surface area contributed by atoms with Crippen LogP contribution in [0.1, 0.15) is 42.0 Å². The molecule has 6 heteroatoms. The summed E-state index contributed by atoms with van der Waals surface area (Å²) in [5, 5.41) is 0.979. The molecule has 1 fully saturated rings. The SMILES string of the molecule is CN(C(=O)Cc1ccc(Cl)c(Cl)c1)C1c2cc(N)ccc2CCC1N1CCCC1. The van der Waals surface area contributed by atoms with Crippen LogP contribution in [0.3, 0.4) is 0 Å². The van der Waals surface area contributed by atoms with Gasteiger partial charge in [0, 0.05) is 18.8 Å². The summed E-state index contributed by atoms with van der Waals surface area (Å²) in [4.78, 5) is 17.7. The highest BCUT2D eigenvalue weighted by Gasteiger charge is 2.38. The highest BCUT2D eigenvalue weighted by Crippen LogP contribution is 2.39. The second-order valence-electron chi connectivity index (χ2n) is 8.18. The van der Waals surface area contributed by atoms with Gasteiger partial charge in [-0.15, -0.1) is 0 Å². The first-order chi connectivity index (χ1) is 13.9. The molecule has 2 N–H and O–H groups in total. The Labute approximate surface area is 182 Å². The molecule has 0 spiro atoms. The number of amides is 1. The predicted molar refractivity (Wildman–Crippen MR) is 119 cm³/mol. The lowest BCUT2D eigenvalue weighted by molar-refractivity contribution is -0.133. The number of rotatable bonds is 4. The molecule has 2 atom stereocenters. The number of nitrogen functional groups attached to an aromatic ring is 1. The maximum atomic E-state index is 13.3. The van der Waals surface area contributed by atoms with Crippen LogP contribution >= 0.6 is 23.2 Å². The van der Waals surface area contributed by atoms with E-state index in [0.29, 0.717) is 22.5 Å². The third-order valence-corrected chi connectivity index (χ3v) is 7.06. The molecule has 4 rings (SSSR count). The van der Waals surface area contributed by atoms with E-state index in [2.05, 4.69) is 17.0 Å². The van der Waals surface area contributed by atoms with Gasteiger partial charge in [0.05, 0.1) is 22.5 Å². The Kier molecular flexibility index (Phi) is 6.05. The molecule has 1 saturated heterocycles. The number of likely N-dealkylation sites (N-methyl/N-ethyl adjacent to an activating group) is 1. The molecule has 0 bridgehead atoms. The Hall–Kier alpha value is -1.75. The number of halogens is 2. The van der Waals surface area contributed by atoms with Crippen LogP contribution in [0.25, 0.3) is 0 Å². The van der Waals surface area contributed by atoms with E-state index in [0.717, 1.165) is 37.2 Å². The number of aryl methyl sites for hydroxylation is 1. The second kappa shape index (κ2) is 8.55. The van der Waals surface area contributed by atoms with Crippen LogP contribution in [0.15, 0.2) is 36.4 Å². The molecule has 2 aromatic rings. The van der Waals surface area contributed by atoms with E-state index < -0.39 is 0 Å². The van der Waals surface area contributed by atoms with Gasteiger partial charge in [0.2, 0.25) is 5.91 Å². The van der Waals surface area contributed by atoms with Gasteiger partial charge in [-0.1, -0.05) is 35.3 Å². The predicted octanol–water partition coefficient (Wildman–Crippen LogP) is 4.73. The molecule has 154 valence electrons. The van der Waals surface area contributed by atoms with Crippen molar-refractivity contribution in [3.05, 3.63) is 63.1 Å². The smallest absolute Gasteiger partial charge is 0.227 e. The summed E-state index contributed by atoms with van der Waals surface area (Å²) in [6.07, 6.45) is 4.85. The van der Waals surface area contributed by atoms with E-state index in [-0.39, 0.29) is 11.9 Å². The standard InChI is InChI=1S/C23H27Cl2N3O/c1-27(22(29)13-15-4-8-19(24)20(25)12-15)23-18-14-17(26)7-5-16(18)6-9-21(23)28-10-2-3-11-28/h4-5,7-8,12,14,21,23H,2-3,6,9-11,13,26H2,1H3. The lowest BCUT2D eigenvalue weighted by atomic mass is 9.82. The van der Waals surface area contributed by atoms with Crippen LogP contribution < -0.4 is 5.73 Å². The molecule has 1 aliphatic heterocycles. The minimum atomic E-state index is 0.00984. The monoisotopic (exact) mass is 431 g/mol. The minimum absolute atomic E-state index is 0.00984. The molecule has 1 heterocycles. The summed E-state index contributed by atoms with van der Waals surface area (Å²) in [6, 6.07) is 11.9. The Morgan fingerprint density at radius 1 is 1.14 bits per heavy atom. The molecule has 1 amide bonds. The summed E-state index contributed by atoms with van der Waals surface area (Å²) < 4.78 is 0. The average Bonchev–Trinajstić information content (AvgIpc) is 3.24. The number of carbonyl (C=O) groups excluding carboxylic acids is 1. The maximum absolute atomic E-state index is 13.3. The first kappa shape index (κ1) is 20.5. The molecule has 2 aliphatic rings. The number of anilines is 1. The number of nitrogens with zero attached hydrogens (tertiary/aromatic N) is 2. The van der Waals surface area contributed by atoms with Crippen LogP contribution in [0.4, 0.5) is 5.69 Å². The van der Waals surface area contributed by atoms with E-state index in [9.17, 15) is 4.79 Å². The van der Waals surface area contributed by atoms with Crippen molar-refractivity contribution in [2.24, 2.45) is 0 Å². The topological polar surface area (TPSA) is 49.6 Å². The number of fused-ring (bicyclic) bond motifs is 1. The van der Waals surface area contributed by atoms with E-state index in [1.807, 2.05) is 24.1 Å². The largest absolute Gasteiger partial charge is 0.399 e. The van der Waals surface area contributed by atoms with Crippen molar-refractivity contribution in [3.63, 3.8) is 0 Å². The van der Waals surface area contributed by atoms with E-state index in [4.69, 9.17) is 28.9 Å². The van der Waals surface area contributed by atoms with Gasteiger partial charge in [0.15, 0.2) is 0 Å². The number of nitrogens with two attached hydrogens (primary N) is 1. The molecule has 0 saturated carbocycles. The number of hydrogen-bond acceptors (Lipinski definition) is 3. The Balaban J connectivity index is 1.63. The summed E-state index contributed by atoms with van der Waals surface area (Å²) in [5.41, 5.74) is 10.2. The van der Waals surface area contributed by atoms with Gasteiger partial charge in [0.25, 0.3) is 0 Å². The van der Waals surface area contributed by atoms with Crippen LogP contribution in [-0.2, 0) is 17.6 Å². The van der Waals surface area contributed by atoms with Gasteiger partial charge < -0.3 is 10.6 Å². The minimum Gasteiger partial charge on any atom is -0.399 e. The van der Waals surface area contributed by atoms with Crippen LogP contribution in [0.2, 0.25) is 10.0 Å². The number of likely N-dealkylation sites (tertiary alicyclic amines) is 1. The van der Waals surface area contributed by atoms with Gasteiger partial charge in [-0.2, -0.15) is 0 Å². The zero-order chi connectivity index (χ0) is 20.5. The summed E-state index contributed by atoms with van der Waals surface area (Å²) >= 11 is 12.2. The molecule has 1 aliphatic carbocycles. The van der Waals surface area contributed by atoms with E-state index in [1.54, 1.807) is 12.1 Å². The molecule has 0 aromatic heterocycles. The average molecular weight is 432 g/mol. The van der Waals surface area contributed by atoms with E-state index in [1.165, 1.54) is 24.0 Å². The van der Waals surface area contributed by atoms with Gasteiger partial charge in [0.1, 0.15) is 0 Å². The van der Waals surface area contributed by atoms with Crippen LogP contribution in [0.5, 0.6) is 0 Å². The first-order valence-corrected chi connectivity index (χ1v) is 11.0. The Bertz CT molecular complexity index is 911. The number of benzene rings is 2. The quantitative estimate of drug-likeness (QED) is 0.711. The number of hydrogen-bond donors (Lipinski definition) is 1. The van der Waals surface area contributed by atoms with Crippen molar-refractivity contribution in [2.75, 3.05) is 25.9 Å². The van der Waals surface area contributed by atoms with E-state index >= 15 is 0 Å². The van der Waals surface area contributed by atoms with Gasteiger partial charge in [-0.3, -0.25) is 9.69 Å². The summed E-state index contributed by atoms with van der Waals surface area (Å²) in [5.74, 6) is 0.0767. The van der Waals surface area contributed by atoms with Crippen molar-refractivity contribution >= 4 is 34.8 Å². The third-order valence-electron chi connectivity index (χ3n) is 6.32. The molecule has 2 aromatic carbocycles. The molecular weight excluding hydrogens is 405 g/mol. The third kappa shape index (κ3) is 4.25. The van der Waals surface area contributed by atoms with Gasteiger partial charge in [-0.25, -0.2) is 0 Å². The van der Waals surface area contributed by atoms with Crippen molar-refractivity contribution < 1.29 is 4.79 Å². The van der Waals surface area contributed by atoms with Crippen LogP contribution in [0, 0.1) is 0 Å². The molecular formula is C23H27Cl2N3O. The fourth-order valence-electron chi connectivity index (χ4n) is 4.81. The second-order valence-corrected chi connectivity index (χ2v) is 9.00. The summed E-state index contributed by atoms with van der Waals surface area (Å²) in [7, 11) is 1.92. The van der Waals surface area contributed by atoms with Gasteiger partial charge >= 0.3 is 0 Å². The number of carbonyl (C=O) groups is 1.